The van der Waals surface area contributed by atoms with Crippen molar-refractivity contribution in [3.05, 3.63) is 58.8 Å². The van der Waals surface area contributed by atoms with Crippen LogP contribution in [0.1, 0.15) is 31.2 Å². The Bertz CT molecular complexity index is 869. The summed E-state index contributed by atoms with van der Waals surface area (Å²) in [5.41, 5.74) is 1.20. The van der Waals surface area contributed by atoms with E-state index in [4.69, 9.17) is 0 Å². The number of fused-ring (bicyclic) bond motifs is 1. The highest BCUT2D eigenvalue weighted by atomic mass is 35.5. The van der Waals surface area contributed by atoms with Gasteiger partial charge in [-0.15, -0.1) is 12.4 Å². The van der Waals surface area contributed by atoms with Gasteiger partial charge in [0.1, 0.15) is 0 Å². The zero-order chi connectivity index (χ0) is 18.0. The smallest absolute Gasteiger partial charge is 0.326 e. The van der Waals surface area contributed by atoms with Crippen LogP contribution >= 0.6 is 12.4 Å². The molecule has 0 spiro atoms. The van der Waals surface area contributed by atoms with E-state index in [0.717, 1.165) is 43.6 Å². The molecule has 2 heterocycles. The molecule has 7 heteroatoms. The zero-order valence-corrected chi connectivity index (χ0v) is 16.0. The van der Waals surface area contributed by atoms with E-state index in [1.165, 1.54) is 12.6 Å². The number of amides is 1. The van der Waals surface area contributed by atoms with Gasteiger partial charge in [0.05, 0.1) is 12.0 Å². The summed E-state index contributed by atoms with van der Waals surface area (Å²) in [7, 11) is 0. The highest BCUT2D eigenvalue weighted by molar-refractivity contribution is 5.96. The third kappa shape index (κ3) is 3.92. The van der Waals surface area contributed by atoms with E-state index in [-0.39, 0.29) is 29.4 Å². The first-order valence-corrected chi connectivity index (χ1v) is 9.30. The Morgan fingerprint density at radius 1 is 1.33 bits per heavy atom. The van der Waals surface area contributed by atoms with Crippen molar-refractivity contribution in [2.24, 2.45) is 11.3 Å². The number of hydrogen-bond donors (Lipinski definition) is 2. The Kier molecular flexibility index (Phi) is 5.97. The Hall–Kier alpha value is -2.18. The van der Waals surface area contributed by atoms with Gasteiger partial charge < -0.3 is 10.6 Å². The number of rotatable bonds is 4. The quantitative estimate of drug-likeness (QED) is 0.843. The molecule has 144 valence electrons. The molecule has 2 atom stereocenters. The number of aromatic nitrogens is 2. The molecule has 1 aliphatic heterocycles. The fourth-order valence-electron chi connectivity index (χ4n) is 4.40. The summed E-state index contributed by atoms with van der Waals surface area (Å²) in [6.45, 7) is 2.15. The number of nitrogens with zero attached hydrogens (tertiary/aromatic N) is 2. The minimum absolute atomic E-state index is 0. The topological polar surface area (TPSA) is 76.0 Å². The number of nitrogens with one attached hydrogen (secondary N) is 2. The molecule has 1 saturated carbocycles. The molecule has 0 radical (unpaired) electrons. The maximum atomic E-state index is 13.1. The van der Waals surface area contributed by atoms with E-state index in [1.807, 2.05) is 24.3 Å². The van der Waals surface area contributed by atoms with Crippen LogP contribution in [0, 0.1) is 11.3 Å². The van der Waals surface area contributed by atoms with E-state index in [9.17, 15) is 9.59 Å². The van der Waals surface area contributed by atoms with Crippen LogP contribution in [-0.2, 0) is 11.3 Å². The predicted molar refractivity (Wildman–Crippen MR) is 107 cm³/mol. The maximum Gasteiger partial charge on any atom is 0.347 e. The molecule has 0 unspecified atom stereocenters. The number of benzene rings is 1. The van der Waals surface area contributed by atoms with Gasteiger partial charge in [0, 0.05) is 24.6 Å². The second kappa shape index (κ2) is 8.23. The van der Waals surface area contributed by atoms with Crippen molar-refractivity contribution in [3.8, 4) is 0 Å². The molecule has 2 fully saturated rings. The molecule has 1 aromatic heterocycles. The van der Waals surface area contributed by atoms with Gasteiger partial charge in [-0.05, 0) is 49.1 Å². The van der Waals surface area contributed by atoms with Crippen molar-refractivity contribution in [1.82, 2.24) is 14.9 Å². The predicted octanol–water partition coefficient (Wildman–Crippen LogP) is 2.43. The third-order valence-corrected chi connectivity index (χ3v) is 5.81. The number of carbonyl (C=O) groups is 1. The van der Waals surface area contributed by atoms with Gasteiger partial charge in [-0.2, -0.15) is 0 Å². The van der Waals surface area contributed by atoms with Crippen molar-refractivity contribution in [1.29, 1.82) is 0 Å². The molecule has 27 heavy (non-hydrogen) atoms. The van der Waals surface area contributed by atoms with Gasteiger partial charge in [-0.3, -0.25) is 9.36 Å². The Morgan fingerprint density at radius 3 is 3.07 bits per heavy atom. The molecule has 1 saturated heterocycles. The highest BCUT2D eigenvalue weighted by Crippen LogP contribution is 2.44. The van der Waals surface area contributed by atoms with E-state index < -0.39 is 0 Å². The molecule has 2 aliphatic rings. The first kappa shape index (κ1) is 19.6. The molecule has 2 N–H and O–H groups in total. The minimum atomic E-state index is -0.275. The van der Waals surface area contributed by atoms with Gasteiger partial charge >= 0.3 is 5.69 Å². The Morgan fingerprint density at radius 2 is 2.22 bits per heavy atom. The molecule has 2 aromatic rings. The van der Waals surface area contributed by atoms with Crippen molar-refractivity contribution in [2.45, 2.75) is 32.2 Å². The molecular weight excluding hydrogens is 364 g/mol. The first-order valence-electron chi connectivity index (χ1n) is 9.30. The Labute approximate surface area is 164 Å². The van der Waals surface area contributed by atoms with Gasteiger partial charge in [-0.25, -0.2) is 9.78 Å². The molecule has 1 aromatic carbocycles. The lowest BCUT2D eigenvalue weighted by molar-refractivity contribution is -0.128. The molecule has 1 aliphatic carbocycles. The molecular formula is C20H25ClN4O2. The van der Waals surface area contributed by atoms with Crippen LogP contribution in [0.4, 0.5) is 5.69 Å². The minimum Gasteiger partial charge on any atom is -0.326 e. The lowest BCUT2D eigenvalue weighted by atomic mass is 9.67. The summed E-state index contributed by atoms with van der Waals surface area (Å²) in [4.78, 5) is 28.6. The third-order valence-electron chi connectivity index (χ3n) is 5.81. The van der Waals surface area contributed by atoms with E-state index >= 15 is 0 Å². The van der Waals surface area contributed by atoms with E-state index in [2.05, 4.69) is 15.6 Å². The second-order valence-electron chi connectivity index (χ2n) is 7.41. The van der Waals surface area contributed by atoms with Gasteiger partial charge in [0.25, 0.3) is 0 Å². The second-order valence-corrected chi connectivity index (χ2v) is 7.41. The first-order chi connectivity index (χ1) is 12.7. The highest BCUT2D eigenvalue weighted by Gasteiger charge is 2.49. The van der Waals surface area contributed by atoms with Gasteiger partial charge in [0.15, 0.2) is 0 Å². The average molecular weight is 389 g/mol. The fraction of sp³-hybridized carbons (Fsp3) is 0.450. The molecule has 6 nitrogen and oxygen atoms in total. The lowest BCUT2D eigenvalue weighted by Gasteiger charge is -2.37. The average Bonchev–Trinajstić information content (AvgIpc) is 3.09. The number of anilines is 1. The monoisotopic (exact) mass is 388 g/mol. The Balaban J connectivity index is 0.00000210. The normalized spacial score (nSPS) is 23.9. The van der Waals surface area contributed by atoms with E-state index in [1.54, 1.807) is 16.8 Å². The van der Waals surface area contributed by atoms with Crippen LogP contribution in [0.5, 0.6) is 0 Å². The maximum absolute atomic E-state index is 13.1. The molecule has 0 bridgehead atoms. The van der Waals surface area contributed by atoms with Crippen LogP contribution in [0.2, 0.25) is 0 Å². The molecule has 4 rings (SSSR count). The van der Waals surface area contributed by atoms with Crippen LogP contribution in [-0.4, -0.2) is 28.5 Å². The lowest BCUT2D eigenvalue weighted by Crippen LogP contribution is -2.44. The van der Waals surface area contributed by atoms with Crippen LogP contribution < -0.4 is 16.3 Å². The van der Waals surface area contributed by atoms with Crippen LogP contribution in [0.25, 0.3) is 0 Å². The summed E-state index contributed by atoms with van der Waals surface area (Å²) in [5.74, 6) is 0.566. The fourth-order valence-corrected chi connectivity index (χ4v) is 4.40. The van der Waals surface area contributed by atoms with Crippen molar-refractivity contribution < 1.29 is 4.79 Å². The number of halogens is 1. The van der Waals surface area contributed by atoms with E-state index in [0.29, 0.717) is 12.5 Å². The summed E-state index contributed by atoms with van der Waals surface area (Å²) in [5, 5.41) is 6.55. The number of hydrogen-bond acceptors (Lipinski definition) is 4. The summed E-state index contributed by atoms with van der Waals surface area (Å²) < 4.78 is 1.55. The van der Waals surface area contributed by atoms with Crippen molar-refractivity contribution in [3.63, 3.8) is 0 Å². The van der Waals surface area contributed by atoms with Crippen LogP contribution in [0.15, 0.2) is 47.5 Å². The van der Waals surface area contributed by atoms with Gasteiger partial charge in [-0.1, -0.05) is 25.0 Å². The summed E-state index contributed by atoms with van der Waals surface area (Å²) in [6.07, 6.45) is 7.64. The summed E-state index contributed by atoms with van der Waals surface area (Å²) in [6, 6.07) is 9.45. The van der Waals surface area contributed by atoms with Crippen LogP contribution in [0.3, 0.4) is 0 Å². The van der Waals surface area contributed by atoms with Crippen molar-refractivity contribution in [2.75, 3.05) is 18.4 Å². The standard InChI is InChI=1S/C20H24N4O2.ClH/c25-18(20-8-2-1-6-16(20)12-21-14-20)23-17-7-3-5-15(11-17)13-24-10-4-9-22-19(24)26;/h3-5,7,9-11,16,21H,1-2,6,8,12-14H2,(H,23,25);1H/t16-,20+;/m0./s1. The summed E-state index contributed by atoms with van der Waals surface area (Å²) >= 11 is 0. The molecule has 1 amide bonds. The SMILES string of the molecule is Cl.O=C(Nc1cccc(Cn2cccnc2=O)c1)[C@@]12CCCC[C@H]1CNC2. The number of carbonyl (C=O) groups excluding carboxylic acids is 1. The largest absolute Gasteiger partial charge is 0.347 e. The van der Waals surface area contributed by atoms with Crippen molar-refractivity contribution >= 4 is 24.0 Å². The zero-order valence-electron chi connectivity index (χ0n) is 15.2. The van der Waals surface area contributed by atoms with Gasteiger partial charge in [0.2, 0.25) is 5.91 Å².